The van der Waals surface area contributed by atoms with Crippen molar-refractivity contribution in [1.29, 1.82) is 0 Å². The Labute approximate surface area is 113 Å². The smallest absolute Gasteiger partial charge is 0.0811 e. The minimum Gasteiger partial charge on any atom is -0.369 e. The second-order valence-corrected chi connectivity index (χ2v) is 7.54. The third-order valence-corrected chi connectivity index (χ3v) is 5.46. The van der Waals surface area contributed by atoms with Gasteiger partial charge in [0, 0.05) is 19.5 Å². The van der Waals surface area contributed by atoms with Gasteiger partial charge in [0.15, 0.2) is 0 Å². The molecule has 1 aliphatic carbocycles. The van der Waals surface area contributed by atoms with Crippen LogP contribution in [0.3, 0.4) is 0 Å². The van der Waals surface area contributed by atoms with Gasteiger partial charge in [0.25, 0.3) is 0 Å². The molecule has 0 N–H and O–H groups in total. The van der Waals surface area contributed by atoms with E-state index in [2.05, 4.69) is 32.7 Å². The van der Waals surface area contributed by atoms with Crippen molar-refractivity contribution in [3.63, 3.8) is 0 Å². The molecule has 1 saturated heterocycles. The summed E-state index contributed by atoms with van der Waals surface area (Å²) in [6, 6.07) is 0. The average Bonchev–Trinajstić information content (AvgIpc) is 2.26. The van der Waals surface area contributed by atoms with Crippen LogP contribution in [0.25, 0.3) is 0 Å². The van der Waals surface area contributed by atoms with Gasteiger partial charge >= 0.3 is 0 Å². The molecule has 2 fully saturated rings. The lowest BCUT2D eigenvalue weighted by atomic mass is 9.59. The van der Waals surface area contributed by atoms with E-state index in [1.54, 1.807) is 0 Å². The molecule has 2 radical (unpaired) electrons. The molecule has 0 aromatic rings. The molecule has 17 heavy (non-hydrogen) atoms. The van der Waals surface area contributed by atoms with Gasteiger partial charge < -0.3 is 4.90 Å². The summed E-state index contributed by atoms with van der Waals surface area (Å²) in [6.45, 7) is 8.09. The molecule has 0 bridgehead atoms. The van der Waals surface area contributed by atoms with Crippen molar-refractivity contribution in [3.05, 3.63) is 0 Å². The van der Waals surface area contributed by atoms with Crippen molar-refractivity contribution < 1.29 is 0 Å². The highest BCUT2D eigenvalue weighted by Crippen LogP contribution is 2.54. The Morgan fingerprint density at radius 1 is 1.29 bits per heavy atom. The fourth-order valence-electron chi connectivity index (χ4n) is 4.10. The molecular weight excluding hydrogens is 225 g/mol. The number of nitrogens with zero attached hydrogens (tertiary/aromatic N) is 1. The summed E-state index contributed by atoms with van der Waals surface area (Å²) in [4.78, 5) is 3.44. The van der Waals surface area contributed by atoms with Gasteiger partial charge in [0.05, 0.1) is 12.8 Å². The quantitative estimate of drug-likeness (QED) is 0.478. The first-order valence-electron chi connectivity index (χ1n) is 6.77. The first-order chi connectivity index (χ1) is 7.73. The molecule has 1 heterocycles. The maximum absolute atomic E-state index is 6.43. The Kier molecular flexibility index (Phi) is 3.35. The molecule has 0 spiro atoms. The normalized spacial score (nSPS) is 41.9. The van der Waals surface area contributed by atoms with Crippen LogP contribution in [0.1, 0.15) is 46.5 Å². The van der Waals surface area contributed by atoms with E-state index in [4.69, 9.17) is 20.1 Å². The van der Waals surface area contributed by atoms with Gasteiger partial charge in [-0.3, -0.25) is 0 Å². The molecule has 1 nitrogen and oxygen atoms in total. The first-order valence-corrected chi connectivity index (χ1v) is 7.18. The van der Waals surface area contributed by atoms with E-state index in [-0.39, 0.29) is 5.31 Å². The summed E-state index contributed by atoms with van der Waals surface area (Å²) >= 11 is 5.65. The van der Waals surface area contributed by atoms with Gasteiger partial charge in [0.1, 0.15) is 0 Å². The zero-order chi connectivity index (χ0) is 12.8. The summed E-state index contributed by atoms with van der Waals surface area (Å²) in [7, 11) is 8.57. The van der Waals surface area contributed by atoms with Crippen molar-refractivity contribution in [3.8, 4) is 0 Å². The van der Waals surface area contributed by atoms with E-state index in [0.29, 0.717) is 11.3 Å². The van der Waals surface area contributed by atoms with Crippen LogP contribution in [-0.4, -0.2) is 31.3 Å². The topological polar surface area (TPSA) is 3.24 Å². The number of piperidine rings is 1. The number of fused-ring (bicyclic) bond motifs is 1. The predicted octanol–water partition coefficient (Wildman–Crippen LogP) is 3.44. The fourth-order valence-corrected chi connectivity index (χ4v) is 4.48. The number of hydrogen-bond donors (Lipinski definition) is 0. The molecule has 3 heteroatoms. The second-order valence-electron chi connectivity index (χ2n) is 7.12. The van der Waals surface area contributed by atoms with Crippen molar-refractivity contribution in [2.45, 2.75) is 51.8 Å². The Morgan fingerprint density at radius 2 is 1.94 bits per heavy atom. The van der Waals surface area contributed by atoms with Crippen LogP contribution >= 0.6 is 12.2 Å². The van der Waals surface area contributed by atoms with Crippen LogP contribution in [0.15, 0.2) is 0 Å². The maximum Gasteiger partial charge on any atom is 0.0811 e. The largest absolute Gasteiger partial charge is 0.369 e. The van der Waals surface area contributed by atoms with Gasteiger partial charge in [-0.15, -0.1) is 0 Å². The summed E-state index contributed by atoms with van der Waals surface area (Å²) in [5.74, 6) is 1.29. The van der Waals surface area contributed by atoms with Gasteiger partial charge in [-0.05, 0) is 24.2 Å². The van der Waals surface area contributed by atoms with E-state index in [1.807, 2.05) is 0 Å². The molecule has 2 aliphatic rings. The molecule has 0 aromatic carbocycles. The number of likely N-dealkylation sites (tertiary alicyclic amines) is 1. The standard InChI is InChI=1S/C14H24BNS/c1-13(2)9-14(3,15)7-5-10-11(13)6-8-16(4)12(10)17/h10-11H,5-9H2,1-4H3/t10?,11?,14-/m0/s1. The van der Waals surface area contributed by atoms with Crippen molar-refractivity contribution in [2.24, 2.45) is 17.3 Å². The lowest BCUT2D eigenvalue weighted by molar-refractivity contribution is 0.123. The summed E-state index contributed by atoms with van der Waals surface area (Å²) in [5.41, 5.74) is 0.315. The summed E-state index contributed by atoms with van der Waals surface area (Å²) in [5, 5.41) is -0.0188. The summed E-state index contributed by atoms with van der Waals surface area (Å²) in [6.07, 6.45) is 4.66. The predicted molar refractivity (Wildman–Crippen MR) is 78.6 cm³/mol. The molecule has 2 unspecified atom stereocenters. The highest BCUT2D eigenvalue weighted by molar-refractivity contribution is 7.80. The lowest BCUT2D eigenvalue weighted by Gasteiger charge is -2.45. The van der Waals surface area contributed by atoms with E-state index in [9.17, 15) is 0 Å². The minimum absolute atomic E-state index is 0.0188. The van der Waals surface area contributed by atoms with E-state index < -0.39 is 0 Å². The van der Waals surface area contributed by atoms with Gasteiger partial charge in [-0.1, -0.05) is 51.1 Å². The minimum atomic E-state index is -0.0188. The van der Waals surface area contributed by atoms with Crippen LogP contribution in [0.2, 0.25) is 5.31 Å². The van der Waals surface area contributed by atoms with E-state index in [0.717, 1.165) is 25.3 Å². The fraction of sp³-hybridized carbons (Fsp3) is 0.929. The highest BCUT2D eigenvalue weighted by Gasteiger charge is 2.45. The molecular formula is C14H24BNS. The maximum atomic E-state index is 6.43. The van der Waals surface area contributed by atoms with Gasteiger partial charge in [-0.25, -0.2) is 0 Å². The van der Waals surface area contributed by atoms with Crippen LogP contribution in [0.5, 0.6) is 0 Å². The molecule has 3 atom stereocenters. The van der Waals surface area contributed by atoms with Crippen molar-refractivity contribution in [1.82, 2.24) is 4.90 Å². The SMILES string of the molecule is [B][C@@]1(C)CCC2C(=S)N(C)CCC2C(C)(C)C1. The highest BCUT2D eigenvalue weighted by atomic mass is 32.1. The van der Waals surface area contributed by atoms with Crippen molar-refractivity contribution >= 4 is 25.1 Å². The molecule has 0 amide bonds. The number of thiocarbonyl (C=S) groups is 1. The van der Waals surface area contributed by atoms with Crippen LogP contribution < -0.4 is 0 Å². The molecule has 2 rings (SSSR count). The molecule has 1 saturated carbocycles. The molecule has 1 aliphatic heterocycles. The van der Waals surface area contributed by atoms with E-state index in [1.165, 1.54) is 17.8 Å². The number of rotatable bonds is 0. The van der Waals surface area contributed by atoms with Gasteiger partial charge in [-0.2, -0.15) is 0 Å². The second kappa shape index (κ2) is 4.26. The zero-order valence-electron chi connectivity index (χ0n) is 11.6. The third kappa shape index (κ3) is 2.54. The van der Waals surface area contributed by atoms with Crippen LogP contribution in [0.4, 0.5) is 0 Å². The zero-order valence-corrected chi connectivity index (χ0v) is 12.4. The van der Waals surface area contributed by atoms with Crippen molar-refractivity contribution in [2.75, 3.05) is 13.6 Å². The number of hydrogen-bond acceptors (Lipinski definition) is 1. The van der Waals surface area contributed by atoms with Crippen LogP contribution in [-0.2, 0) is 0 Å². The van der Waals surface area contributed by atoms with E-state index >= 15 is 0 Å². The average molecular weight is 249 g/mol. The van der Waals surface area contributed by atoms with Crippen LogP contribution in [0, 0.1) is 17.3 Å². The molecule has 94 valence electrons. The van der Waals surface area contributed by atoms with Gasteiger partial charge in [0.2, 0.25) is 0 Å². The summed E-state index contributed by atoms with van der Waals surface area (Å²) < 4.78 is 0. The third-order valence-electron chi connectivity index (χ3n) is 4.84. The molecule has 0 aromatic heterocycles. The Hall–Kier alpha value is -0.0451. The first kappa shape index (κ1) is 13.4. The Morgan fingerprint density at radius 3 is 2.59 bits per heavy atom. The Balaban J connectivity index is 2.29. The monoisotopic (exact) mass is 249 g/mol. The Bertz CT molecular complexity index is 324. The lowest BCUT2D eigenvalue weighted by Crippen LogP contribution is -2.46.